The van der Waals surface area contributed by atoms with E-state index >= 15 is 0 Å². The van der Waals surface area contributed by atoms with Gasteiger partial charge in [-0.1, -0.05) is 0 Å². The Morgan fingerprint density at radius 2 is 2.25 bits per heavy atom. The Hall–Kier alpha value is -1.06. The van der Waals surface area contributed by atoms with Gasteiger partial charge >= 0.3 is 5.97 Å². The number of ether oxygens (including phenoxy) is 1. The lowest BCUT2D eigenvalue weighted by Gasteiger charge is -1.92. The van der Waals surface area contributed by atoms with Gasteiger partial charge in [-0.25, -0.2) is 4.79 Å². The van der Waals surface area contributed by atoms with E-state index in [2.05, 4.69) is 9.73 Å². The van der Waals surface area contributed by atoms with Crippen molar-refractivity contribution < 1.29 is 9.53 Å². The molecule has 0 spiro atoms. The number of carbonyl (C=O) groups is 1. The first-order chi connectivity index (χ1) is 3.72. The second kappa shape index (κ2) is 3.01. The molecule has 0 saturated heterocycles. The molecule has 0 aliphatic rings. The van der Waals surface area contributed by atoms with Gasteiger partial charge in [-0.3, -0.25) is 4.99 Å². The van der Waals surface area contributed by atoms with E-state index in [1.54, 1.807) is 0 Å². The molecular weight excluding hydrogens is 108 g/mol. The molecule has 2 N–H and O–H groups in total. The van der Waals surface area contributed by atoms with Gasteiger partial charge in [0, 0.05) is 7.05 Å². The summed E-state index contributed by atoms with van der Waals surface area (Å²) in [6, 6.07) is 0. The number of rotatable bonds is 0. The molecule has 0 heterocycles. The Bertz CT molecular complexity index is 119. The lowest BCUT2D eigenvalue weighted by atomic mass is 10.6. The third kappa shape index (κ3) is 1.59. The third-order valence-corrected chi connectivity index (χ3v) is 0.635. The number of hydrogen-bond acceptors (Lipinski definition) is 3. The summed E-state index contributed by atoms with van der Waals surface area (Å²) in [5.41, 5.74) is 5.00. The Labute approximate surface area is 47.3 Å². The number of hydrogen-bond donors (Lipinski definition) is 1. The molecular formula is C4H8N2O2. The molecule has 0 aliphatic heterocycles. The molecule has 0 unspecified atom stereocenters. The molecule has 0 atom stereocenters. The predicted octanol–water partition coefficient (Wildman–Crippen LogP) is -0.854. The van der Waals surface area contributed by atoms with Crippen molar-refractivity contribution in [3.05, 3.63) is 0 Å². The van der Waals surface area contributed by atoms with Crippen molar-refractivity contribution in [2.75, 3.05) is 14.2 Å². The van der Waals surface area contributed by atoms with Crippen LogP contribution in [-0.4, -0.2) is 26.0 Å². The molecule has 0 bridgehead atoms. The Morgan fingerprint density at radius 1 is 1.75 bits per heavy atom. The summed E-state index contributed by atoms with van der Waals surface area (Å²) < 4.78 is 4.21. The highest BCUT2D eigenvalue weighted by molar-refractivity contribution is 6.34. The summed E-state index contributed by atoms with van der Waals surface area (Å²) in [7, 11) is 2.67. The second-order valence-electron chi connectivity index (χ2n) is 1.10. The third-order valence-electron chi connectivity index (χ3n) is 0.635. The van der Waals surface area contributed by atoms with Gasteiger partial charge in [0.1, 0.15) is 0 Å². The normalized spacial score (nSPS) is 11.0. The van der Waals surface area contributed by atoms with Crippen molar-refractivity contribution in [3.63, 3.8) is 0 Å². The van der Waals surface area contributed by atoms with Crippen LogP contribution in [0.2, 0.25) is 0 Å². The highest BCUT2D eigenvalue weighted by Crippen LogP contribution is 1.70. The van der Waals surface area contributed by atoms with Crippen molar-refractivity contribution in [2.45, 2.75) is 0 Å². The topological polar surface area (TPSA) is 64.7 Å². The van der Waals surface area contributed by atoms with E-state index in [9.17, 15) is 4.79 Å². The maximum absolute atomic E-state index is 10.3. The number of amidine groups is 1. The van der Waals surface area contributed by atoms with Crippen LogP contribution in [0.5, 0.6) is 0 Å². The number of nitrogens with zero attached hydrogens (tertiary/aromatic N) is 1. The van der Waals surface area contributed by atoms with Crippen molar-refractivity contribution in [1.82, 2.24) is 0 Å². The summed E-state index contributed by atoms with van der Waals surface area (Å²) >= 11 is 0. The number of carbonyl (C=O) groups excluding carboxylic acids is 1. The van der Waals surface area contributed by atoms with Gasteiger partial charge in [-0.2, -0.15) is 0 Å². The Balaban J connectivity index is 3.83. The summed E-state index contributed by atoms with van der Waals surface area (Å²) in [4.78, 5) is 13.6. The zero-order valence-electron chi connectivity index (χ0n) is 4.84. The maximum atomic E-state index is 10.3. The zero-order valence-corrected chi connectivity index (χ0v) is 4.84. The first-order valence-corrected chi connectivity index (χ1v) is 2.03. The average molecular weight is 116 g/mol. The van der Waals surface area contributed by atoms with Crippen LogP contribution < -0.4 is 5.73 Å². The molecule has 4 heteroatoms. The number of esters is 1. The summed E-state index contributed by atoms with van der Waals surface area (Å²) in [6.07, 6.45) is 0. The fourth-order valence-electron chi connectivity index (χ4n) is 0.196. The van der Waals surface area contributed by atoms with Crippen LogP contribution in [0.15, 0.2) is 4.99 Å². The van der Waals surface area contributed by atoms with Gasteiger partial charge in [0.25, 0.3) is 0 Å². The molecule has 0 aromatic carbocycles. The SMILES string of the molecule is CN=C(N)C(=O)OC. The van der Waals surface area contributed by atoms with Crippen LogP contribution in [0.3, 0.4) is 0 Å². The van der Waals surface area contributed by atoms with Crippen LogP contribution in [0.1, 0.15) is 0 Å². The van der Waals surface area contributed by atoms with E-state index < -0.39 is 5.97 Å². The lowest BCUT2D eigenvalue weighted by Crippen LogP contribution is -2.24. The second-order valence-corrected chi connectivity index (χ2v) is 1.10. The molecule has 46 valence electrons. The van der Waals surface area contributed by atoms with Crippen LogP contribution in [0.4, 0.5) is 0 Å². The molecule has 0 saturated carbocycles. The predicted molar refractivity (Wildman–Crippen MR) is 29.6 cm³/mol. The van der Waals surface area contributed by atoms with E-state index in [4.69, 9.17) is 5.73 Å². The smallest absolute Gasteiger partial charge is 0.373 e. The fraction of sp³-hybridized carbons (Fsp3) is 0.500. The molecule has 8 heavy (non-hydrogen) atoms. The minimum Gasteiger partial charge on any atom is -0.463 e. The summed E-state index contributed by atoms with van der Waals surface area (Å²) in [5.74, 6) is -0.694. The minimum atomic E-state index is -0.590. The largest absolute Gasteiger partial charge is 0.463 e. The number of aliphatic imine (C=N–C) groups is 1. The van der Waals surface area contributed by atoms with Crippen molar-refractivity contribution in [3.8, 4) is 0 Å². The first-order valence-electron chi connectivity index (χ1n) is 2.03. The van der Waals surface area contributed by atoms with E-state index in [0.717, 1.165) is 0 Å². The van der Waals surface area contributed by atoms with Gasteiger partial charge < -0.3 is 10.5 Å². The maximum Gasteiger partial charge on any atom is 0.373 e. The van der Waals surface area contributed by atoms with Crippen LogP contribution in [0.25, 0.3) is 0 Å². The summed E-state index contributed by atoms with van der Waals surface area (Å²) in [6.45, 7) is 0. The Morgan fingerprint density at radius 3 is 2.38 bits per heavy atom. The van der Waals surface area contributed by atoms with Crippen molar-refractivity contribution >= 4 is 11.8 Å². The highest BCUT2D eigenvalue weighted by Gasteiger charge is 2.01. The van der Waals surface area contributed by atoms with Gasteiger partial charge in [0.05, 0.1) is 7.11 Å². The average Bonchev–Trinajstić information content (AvgIpc) is 1.84. The highest BCUT2D eigenvalue weighted by atomic mass is 16.5. The monoisotopic (exact) mass is 116 g/mol. The first kappa shape index (κ1) is 6.94. The summed E-state index contributed by atoms with van der Waals surface area (Å²) in [5, 5.41) is 0. The molecule has 0 aromatic heterocycles. The van der Waals surface area contributed by atoms with E-state index in [1.165, 1.54) is 14.2 Å². The molecule has 0 fully saturated rings. The standard InChI is InChI=1S/C4H8N2O2/c1-6-3(5)4(7)8-2/h1-2H3,(H2,5,6). The lowest BCUT2D eigenvalue weighted by molar-refractivity contribution is -0.132. The van der Waals surface area contributed by atoms with Gasteiger partial charge in [-0.15, -0.1) is 0 Å². The van der Waals surface area contributed by atoms with Gasteiger partial charge in [0.2, 0.25) is 5.84 Å². The van der Waals surface area contributed by atoms with E-state index in [1.807, 2.05) is 0 Å². The molecule has 0 aliphatic carbocycles. The molecule has 0 aromatic rings. The van der Waals surface area contributed by atoms with Crippen molar-refractivity contribution in [1.29, 1.82) is 0 Å². The van der Waals surface area contributed by atoms with Crippen LogP contribution in [-0.2, 0) is 9.53 Å². The quantitative estimate of drug-likeness (QED) is 0.254. The number of nitrogens with two attached hydrogens (primary N) is 1. The minimum absolute atomic E-state index is 0.104. The van der Waals surface area contributed by atoms with E-state index in [0.29, 0.717) is 0 Å². The molecule has 0 radical (unpaired) electrons. The van der Waals surface area contributed by atoms with Crippen molar-refractivity contribution in [2.24, 2.45) is 10.7 Å². The molecule has 0 rings (SSSR count). The molecule has 0 amide bonds. The Kier molecular flexibility index (Phi) is 2.61. The van der Waals surface area contributed by atoms with Crippen LogP contribution >= 0.6 is 0 Å². The van der Waals surface area contributed by atoms with Gasteiger partial charge in [0.15, 0.2) is 0 Å². The fourth-order valence-corrected chi connectivity index (χ4v) is 0.196. The number of methoxy groups -OCH3 is 1. The zero-order chi connectivity index (χ0) is 6.57. The van der Waals surface area contributed by atoms with Crippen LogP contribution in [0, 0.1) is 0 Å². The van der Waals surface area contributed by atoms with Gasteiger partial charge in [-0.05, 0) is 0 Å². The molecule has 4 nitrogen and oxygen atoms in total. The van der Waals surface area contributed by atoms with E-state index in [-0.39, 0.29) is 5.84 Å².